The molecule has 0 bridgehead atoms. The van der Waals surface area contributed by atoms with Gasteiger partial charge in [-0.15, -0.1) is 0 Å². The van der Waals surface area contributed by atoms with Gasteiger partial charge in [0, 0.05) is 40.0 Å². The minimum absolute atomic E-state index is 0.0569. The molecule has 0 saturated carbocycles. The van der Waals surface area contributed by atoms with E-state index in [1.165, 1.54) is 4.90 Å². The average Bonchev–Trinajstić information content (AvgIpc) is 3.36. The molecule has 0 spiro atoms. The smallest absolute Gasteiger partial charge is 0.350 e. The summed E-state index contributed by atoms with van der Waals surface area (Å²) in [6.45, 7) is 4.54. The van der Waals surface area contributed by atoms with Gasteiger partial charge in [-0.3, -0.25) is 9.59 Å². The summed E-state index contributed by atoms with van der Waals surface area (Å²) in [4.78, 5) is 48.6. The van der Waals surface area contributed by atoms with Crippen molar-refractivity contribution in [2.75, 3.05) is 45.8 Å². The first kappa shape index (κ1) is 26.3. The lowest BCUT2D eigenvalue weighted by Gasteiger charge is -2.37. The zero-order valence-corrected chi connectivity index (χ0v) is 21.9. The fraction of sp³-hybridized carbons (Fsp3) is 0.524. The highest BCUT2D eigenvalue weighted by molar-refractivity contribution is 7.17. The van der Waals surface area contributed by atoms with Gasteiger partial charge in [-0.1, -0.05) is 34.5 Å². The summed E-state index contributed by atoms with van der Waals surface area (Å²) in [5.41, 5.74) is 0.868. The van der Waals surface area contributed by atoms with E-state index in [1.807, 2.05) is 4.90 Å². The summed E-state index contributed by atoms with van der Waals surface area (Å²) in [6, 6.07) is -0.292. The van der Waals surface area contributed by atoms with Crippen molar-refractivity contribution in [2.24, 2.45) is 0 Å². The number of amides is 2. The molecule has 1 aliphatic rings. The Morgan fingerprint density at radius 2 is 2.00 bits per heavy atom. The Bertz CT molecular complexity index is 1090. The van der Waals surface area contributed by atoms with E-state index in [1.54, 1.807) is 35.1 Å². The molecule has 3 rings (SSSR count). The second-order valence-electron chi connectivity index (χ2n) is 7.94. The summed E-state index contributed by atoms with van der Waals surface area (Å²) >= 11 is 13.4. The standard InChI is InChI=1S/C21H27Cl2N5O5S/c1-6-33-20(31)17-16(19(30)27(3)4)26-21(34-17)28-8-7-11(12(9-28)32-5)25-18(29)15-14(23)13(22)10(2)24-15/h11-12,24H,6-9H2,1-5H3,(H,25,29)/t11-,12+/m1/s1. The van der Waals surface area contributed by atoms with E-state index in [-0.39, 0.29) is 51.9 Å². The second kappa shape index (κ2) is 10.9. The summed E-state index contributed by atoms with van der Waals surface area (Å²) in [6.07, 6.45) is 0.173. The number of methoxy groups -OCH3 is 1. The molecule has 10 nitrogen and oxygen atoms in total. The Morgan fingerprint density at radius 1 is 1.29 bits per heavy atom. The van der Waals surface area contributed by atoms with Crippen LogP contribution in [-0.2, 0) is 9.47 Å². The maximum absolute atomic E-state index is 12.8. The number of anilines is 1. The molecule has 0 aromatic carbocycles. The van der Waals surface area contributed by atoms with Gasteiger partial charge in [0.05, 0.1) is 28.8 Å². The SMILES string of the molecule is CCOC(=O)c1sc(N2CC[C@@H](NC(=O)c3[nH]c(C)c(Cl)c3Cl)[C@@H](OC)C2)nc1C(=O)N(C)C. The number of nitrogens with zero attached hydrogens (tertiary/aromatic N) is 3. The van der Waals surface area contributed by atoms with Crippen molar-refractivity contribution in [1.29, 1.82) is 0 Å². The quantitative estimate of drug-likeness (QED) is 0.527. The summed E-state index contributed by atoms with van der Waals surface area (Å²) in [5, 5.41) is 3.96. The maximum atomic E-state index is 12.8. The fourth-order valence-corrected chi connectivity index (χ4v) is 5.00. The molecule has 2 aromatic rings. The van der Waals surface area contributed by atoms with Crippen LogP contribution in [0.2, 0.25) is 10.0 Å². The van der Waals surface area contributed by atoms with Gasteiger partial charge in [0.1, 0.15) is 10.6 Å². The molecule has 186 valence electrons. The first-order valence-electron chi connectivity index (χ1n) is 10.6. The van der Waals surface area contributed by atoms with Crippen molar-refractivity contribution in [3.8, 4) is 0 Å². The molecule has 1 saturated heterocycles. The predicted molar refractivity (Wildman–Crippen MR) is 131 cm³/mol. The number of H-pyrrole nitrogens is 1. The zero-order valence-electron chi connectivity index (χ0n) is 19.5. The summed E-state index contributed by atoms with van der Waals surface area (Å²) in [5.74, 6) is -1.34. The van der Waals surface area contributed by atoms with Crippen molar-refractivity contribution in [3.05, 3.63) is 32.0 Å². The minimum atomic E-state index is -0.585. The van der Waals surface area contributed by atoms with Gasteiger partial charge in [-0.25, -0.2) is 9.78 Å². The van der Waals surface area contributed by atoms with Crippen LogP contribution in [0.4, 0.5) is 5.13 Å². The molecule has 3 heterocycles. The molecule has 2 N–H and O–H groups in total. The molecule has 2 aromatic heterocycles. The number of aryl methyl sites for hydroxylation is 1. The lowest BCUT2D eigenvalue weighted by Crippen LogP contribution is -2.55. The van der Waals surface area contributed by atoms with Crippen LogP contribution in [0.1, 0.15) is 49.7 Å². The van der Waals surface area contributed by atoms with Crippen LogP contribution in [-0.4, -0.2) is 85.7 Å². The predicted octanol–water partition coefficient (Wildman–Crippen LogP) is 2.99. The van der Waals surface area contributed by atoms with Gasteiger partial charge < -0.3 is 29.6 Å². The highest BCUT2D eigenvalue weighted by Crippen LogP contribution is 2.32. The number of rotatable bonds is 7. The fourth-order valence-electron chi connectivity index (χ4n) is 3.60. The van der Waals surface area contributed by atoms with E-state index < -0.39 is 5.97 Å². The number of aromatic amines is 1. The molecular formula is C21H27Cl2N5O5S. The van der Waals surface area contributed by atoms with Gasteiger partial charge in [0.15, 0.2) is 10.8 Å². The molecule has 1 fully saturated rings. The lowest BCUT2D eigenvalue weighted by atomic mass is 10.0. The molecule has 2 amide bonds. The van der Waals surface area contributed by atoms with Gasteiger partial charge in [0.2, 0.25) is 0 Å². The Labute approximate surface area is 211 Å². The van der Waals surface area contributed by atoms with Gasteiger partial charge in [-0.05, 0) is 20.3 Å². The lowest BCUT2D eigenvalue weighted by molar-refractivity contribution is 0.0525. The normalized spacial score (nSPS) is 18.0. The third-order valence-electron chi connectivity index (χ3n) is 5.42. The number of nitrogens with one attached hydrogen (secondary N) is 2. The van der Waals surface area contributed by atoms with Crippen LogP contribution < -0.4 is 10.2 Å². The highest BCUT2D eigenvalue weighted by atomic mass is 35.5. The Hall–Kier alpha value is -2.34. The molecule has 0 unspecified atom stereocenters. The topological polar surface area (TPSA) is 117 Å². The van der Waals surface area contributed by atoms with E-state index in [2.05, 4.69) is 15.3 Å². The van der Waals surface area contributed by atoms with Crippen molar-refractivity contribution in [2.45, 2.75) is 32.4 Å². The molecule has 13 heteroatoms. The van der Waals surface area contributed by atoms with Crippen molar-refractivity contribution in [3.63, 3.8) is 0 Å². The molecule has 2 atom stereocenters. The Kier molecular flexibility index (Phi) is 8.45. The number of ether oxygens (including phenoxy) is 2. The summed E-state index contributed by atoms with van der Waals surface area (Å²) in [7, 11) is 4.75. The van der Waals surface area contributed by atoms with E-state index in [4.69, 9.17) is 32.7 Å². The van der Waals surface area contributed by atoms with Crippen LogP contribution in [0.25, 0.3) is 0 Å². The Balaban J connectivity index is 1.78. The van der Waals surface area contributed by atoms with Gasteiger partial charge >= 0.3 is 5.97 Å². The van der Waals surface area contributed by atoms with Crippen LogP contribution in [0.5, 0.6) is 0 Å². The number of hydrogen-bond donors (Lipinski definition) is 2. The highest BCUT2D eigenvalue weighted by Gasteiger charge is 2.35. The van der Waals surface area contributed by atoms with E-state index in [0.717, 1.165) is 11.3 Å². The van der Waals surface area contributed by atoms with E-state index in [0.29, 0.717) is 35.4 Å². The van der Waals surface area contributed by atoms with Gasteiger partial charge in [-0.2, -0.15) is 0 Å². The maximum Gasteiger partial charge on any atom is 0.350 e. The van der Waals surface area contributed by atoms with Crippen LogP contribution in [0, 0.1) is 6.92 Å². The largest absolute Gasteiger partial charge is 0.462 e. The third kappa shape index (κ3) is 5.32. The molecule has 34 heavy (non-hydrogen) atoms. The number of carbonyl (C=O) groups excluding carboxylic acids is 3. The summed E-state index contributed by atoms with van der Waals surface area (Å²) < 4.78 is 10.8. The number of esters is 1. The zero-order chi connectivity index (χ0) is 25.2. The number of hydrogen-bond acceptors (Lipinski definition) is 8. The molecular weight excluding hydrogens is 505 g/mol. The first-order valence-corrected chi connectivity index (χ1v) is 12.2. The number of halogens is 2. The Morgan fingerprint density at radius 3 is 2.56 bits per heavy atom. The van der Waals surface area contributed by atoms with Crippen LogP contribution in [0.3, 0.4) is 0 Å². The van der Waals surface area contributed by atoms with Crippen molar-refractivity contribution >= 4 is 57.5 Å². The van der Waals surface area contributed by atoms with Gasteiger partial charge in [0.25, 0.3) is 11.8 Å². The third-order valence-corrected chi connectivity index (χ3v) is 7.46. The van der Waals surface area contributed by atoms with Crippen LogP contribution >= 0.6 is 34.5 Å². The van der Waals surface area contributed by atoms with E-state index in [9.17, 15) is 14.4 Å². The van der Waals surface area contributed by atoms with Crippen molar-refractivity contribution < 1.29 is 23.9 Å². The first-order chi connectivity index (χ1) is 16.1. The molecule has 0 radical (unpaired) electrons. The second-order valence-corrected chi connectivity index (χ2v) is 9.67. The average molecular weight is 532 g/mol. The van der Waals surface area contributed by atoms with Crippen LogP contribution in [0.15, 0.2) is 0 Å². The number of piperidine rings is 1. The molecule has 1 aliphatic heterocycles. The number of aromatic nitrogens is 2. The monoisotopic (exact) mass is 531 g/mol. The number of carbonyl (C=O) groups is 3. The van der Waals surface area contributed by atoms with Crippen molar-refractivity contribution in [1.82, 2.24) is 20.2 Å². The number of thiazole rings is 1. The minimum Gasteiger partial charge on any atom is -0.462 e. The van der Waals surface area contributed by atoms with E-state index >= 15 is 0 Å². The molecule has 0 aliphatic carbocycles.